The smallest absolute Gasteiger partial charge is 0.340 e. The first kappa shape index (κ1) is 20.5. The summed E-state index contributed by atoms with van der Waals surface area (Å²) in [6, 6.07) is 9.13. The lowest BCUT2D eigenvalue weighted by Crippen LogP contribution is -2.55. The lowest BCUT2D eigenvalue weighted by Gasteiger charge is -2.47. The molecule has 31 heavy (non-hydrogen) atoms. The molecule has 4 fully saturated rings. The van der Waals surface area contributed by atoms with Crippen molar-refractivity contribution in [1.82, 2.24) is 0 Å². The molecule has 0 radical (unpaired) electrons. The summed E-state index contributed by atoms with van der Waals surface area (Å²) in [5, 5.41) is 0. The maximum absolute atomic E-state index is 13.1. The first-order chi connectivity index (χ1) is 14.6. The molecule has 2 saturated carbocycles. The Morgan fingerprint density at radius 3 is 2.52 bits per heavy atom. The van der Waals surface area contributed by atoms with Crippen LogP contribution in [-0.4, -0.2) is 37.4 Å². The van der Waals surface area contributed by atoms with Crippen molar-refractivity contribution in [2.75, 3.05) is 7.11 Å². The predicted molar refractivity (Wildman–Crippen MR) is 107 cm³/mol. The molecule has 1 aromatic rings. The number of hydrogen-bond acceptors (Lipinski definition) is 7. The molecule has 7 heteroatoms. The molecular weight excluding hydrogens is 400 g/mol. The summed E-state index contributed by atoms with van der Waals surface area (Å²) in [5.41, 5.74) is -0.606. The molecule has 0 aromatic heterocycles. The Bertz CT molecular complexity index is 941. The van der Waals surface area contributed by atoms with Crippen molar-refractivity contribution in [2.45, 2.75) is 58.5 Å². The molecule has 0 N–H and O–H groups in total. The maximum Gasteiger partial charge on any atom is 0.340 e. The van der Waals surface area contributed by atoms with Gasteiger partial charge in [-0.25, -0.2) is 4.79 Å². The Labute approximate surface area is 181 Å². The average molecular weight is 428 g/mol. The number of methoxy groups -OCH3 is 1. The van der Waals surface area contributed by atoms with E-state index in [1.54, 1.807) is 12.1 Å². The van der Waals surface area contributed by atoms with Crippen LogP contribution in [-0.2, 0) is 33.3 Å². The summed E-state index contributed by atoms with van der Waals surface area (Å²) >= 11 is 0. The fraction of sp³-hybridized carbons (Fsp3) is 0.625. The fourth-order valence-corrected chi connectivity index (χ4v) is 7.49. The van der Waals surface area contributed by atoms with E-state index in [0.29, 0.717) is 12.0 Å². The minimum Gasteiger partial charge on any atom is -0.459 e. The van der Waals surface area contributed by atoms with Crippen LogP contribution in [0.2, 0.25) is 0 Å². The molecule has 0 amide bonds. The second-order valence-corrected chi connectivity index (χ2v) is 10.4. The molecule has 0 unspecified atom stereocenters. The predicted octanol–water partition coefficient (Wildman–Crippen LogP) is 3.17. The lowest BCUT2D eigenvalue weighted by molar-refractivity contribution is -0.229. The van der Waals surface area contributed by atoms with Gasteiger partial charge in [-0.1, -0.05) is 51.1 Å². The van der Waals surface area contributed by atoms with Crippen molar-refractivity contribution in [3.05, 3.63) is 35.9 Å². The van der Waals surface area contributed by atoms with Crippen LogP contribution in [0.25, 0.3) is 0 Å². The number of carbonyl (C=O) groups excluding carboxylic acids is 3. The van der Waals surface area contributed by atoms with Gasteiger partial charge < -0.3 is 18.9 Å². The standard InChI is InChI=1S/C24H28O7/c1-22(2)12-23(3)11-16(25)30-21-24(23)15(22)10-14(17(24)19(26)31-21)29-20(27)18(28-4)13-8-6-5-7-9-13/h5-9,14-15,17-18,21H,10-12H2,1-4H3/t14-,15-,17-,18+,21-,23-,24+/m0/s1. The van der Waals surface area contributed by atoms with Gasteiger partial charge in [0.1, 0.15) is 12.0 Å². The van der Waals surface area contributed by atoms with Gasteiger partial charge in [-0.05, 0) is 35.2 Å². The lowest BCUT2D eigenvalue weighted by atomic mass is 9.57. The van der Waals surface area contributed by atoms with E-state index in [1.807, 2.05) is 18.2 Å². The summed E-state index contributed by atoms with van der Waals surface area (Å²) in [7, 11) is 1.46. The molecule has 7 atom stereocenters. The van der Waals surface area contributed by atoms with E-state index >= 15 is 0 Å². The van der Waals surface area contributed by atoms with Crippen LogP contribution in [0.5, 0.6) is 0 Å². The first-order valence-corrected chi connectivity index (χ1v) is 10.8. The number of rotatable bonds is 4. The fourth-order valence-electron chi connectivity index (χ4n) is 7.49. The van der Waals surface area contributed by atoms with E-state index < -0.39 is 47.2 Å². The second-order valence-electron chi connectivity index (χ2n) is 10.4. The molecule has 0 bridgehead atoms. The molecule has 1 spiro atoms. The Balaban J connectivity index is 1.50. The van der Waals surface area contributed by atoms with Crippen LogP contribution in [0.3, 0.4) is 0 Å². The highest BCUT2D eigenvalue weighted by atomic mass is 16.7. The third kappa shape index (κ3) is 2.59. The molecule has 2 saturated heterocycles. The van der Waals surface area contributed by atoms with Gasteiger partial charge in [0.2, 0.25) is 0 Å². The highest BCUT2D eigenvalue weighted by molar-refractivity contribution is 5.83. The second kappa shape index (κ2) is 6.55. The minimum absolute atomic E-state index is 0.0232. The van der Waals surface area contributed by atoms with Crippen molar-refractivity contribution in [2.24, 2.45) is 28.1 Å². The van der Waals surface area contributed by atoms with Gasteiger partial charge in [-0.2, -0.15) is 0 Å². The largest absolute Gasteiger partial charge is 0.459 e. The van der Waals surface area contributed by atoms with Crippen LogP contribution in [0, 0.1) is 28.1 Å². The molecule has 1 aromatic carbocycles. The molecule has 2 aliphatic heterocycles. The highest BCUT2D eigenvalue weighted by Crippen LogP contribution is 2.78. The highest BCUT2D eigenvalue weighted by Gasteiger charge is 2.83. The van der Waals surface area contributed by atoms with Crippen LogP contribution < -0.4 is 0 Å². The summed E-state index contributed by atoms with van der Waals surface area (Å²) in [6.07, 6.45) is -0.883. The number of hydrogen-bond donors (Lipinski definition) is 0. The first-order valence-electron chi connectivity index (χ1n) is 10.8. The Morgan fingerprint density at radius 2 is 1.84 bits per heavy atom. The zero-order valence-electron chi connectivity index (χ0n) is 18.3. The van der Waals surface area contributed by atoms with Crippen molar-refractivity contribution in [1.29, 1.82) is 0 Å². The van der Waals surface area contributed by atoms with Crippen LogP contribution in [0.4, 0.5) is 0 Å². The topological polar surface area (TPSA) is 88.1 Å². The minimum atomic E-state index is -0.918. The Kier molecular flexibility index (Phi) is 4.33. The van der Waals surface area contributed by atoms with Crippen molar-refractivity contribution < 1.29 is 33.3 Å². The molecule has 7 nitrogen and oxygen atoms in total. The van der Waals surface area contributed by atoms with Gasteiger partial charge in [0.15, 0.2) is 6.10 Å². The molecule has 4 aliphatic rings. The number of esters is 3. The van der Waals surface area contributed by atoms with Gasteiger partial charge in [0, 0.05) is 7.11 Å². The average Bonchev–Trinajstić information content (AvgIpc) is 3.23. The van der Waals surface area contributed by atoms with Gasteiger partial charge in [0.05, 0.1) is 11.8 Å². The Morgan fingerprint density at radius 1 is 1.13 bits per heavy atom. The van der Waals surface area contributed by atoms with Crippen LogP contribution >= 0.6 is 0 Å². The van der Waals surface area contributed by atoms with Crippen LogP contribution in [0.15, 0.2) is 30.3 Å². The third-order valence-corrected chi connectivity index (χ3v) is 8.23. The maximum atomic E-state index is 13.1. The molecule has 166 valence electrons. The monoisotopic (exact) mass is 428 g/mol. The molecule has 2 heterocycles. The Hall–Kier alpha value is -2.41. The summed E-state index contributed by atoms with van der Waals surface area (Å²) < 4.78 is 22.6. The normalized spacial score (nSPS) is 40.5. The summed E-state index contributed by atoms with van der Waals surface area (Å²) in [6.45, 7) is 6.37. The molecular formula is C24H28O7. The third-order valence-electron chi connectivity index (χ3n) is 8.23. The quantitative estimate of drug-likeness (QED) is 0.681. The van der Waals surface area contributed by atoms with Gasteiger partial charge in [-0.3, -0.25) is 9.59 Å². The number of benzene rings is 1. The van der Waals surface area contributed by atoms with Gasteiger partial charge in [-0.15, -0.1) is 0 Å². The van der Waals surface area contributed by atoms with Crippen molar-refractivity contribution >= 4 is 17.9 Å². The van der Waals surface area contributed by atoms with E-state index in [-0.39, 0.29) is 23.7 Å². The number of carbonyl (C=O) groups is 3. The van der Waals surface area contributed by atoms with E-state index in [9.17, 15) is 14.4 Å². The van der Waals surface area contributed by atoms with E-state index in [2.05, 4.69) is 20.8 Å². The van der Waals surface area contributed by atoms with Gasteiger partial charge >= 0.3 is 17.9 Å². The van der Waals surface area contributed by atoms with Crippen LogP contribution in [0.1, 0.15) is 51.7 Å². The van der Waals surface area contributed by atoms with Crippen molar-refractivity contribution in [3.8, 4) is 0 Å². The zero-order chi connectivity index (χ0) is 22.2. The van der Waals surface area contributed by atoms with Gasteiger partial charge in [0.25, 0.3) is 6.29 Å². The molecule has 2 aliphatic carbocycles. The SMILES string of the molecule is CO[C@@H](C(=O)O[C@H]1C[C@H]2C(C)(C)C[C@]3(C)CC(=O)O[C@H]4OC(=O)[C@H]1[C@@]423)c1ccccc1. The zero-order valence-corrected chi connectivity index (χ0v) is 18.3. The van der Waals surface area contributed by atoms with Crippen molar-refractivity contribution in [3.63, 3.8) is 0 Å². The van der Waals surface area contributed by atoms with E-state index in [4.69, 9.17) is 18.9 Å². The van der Waals surface area contributed by atoms with E-state index in [0.717, 1.165) is 6.42 Å². The summed E-state index contributed by atoms with van der Waals surface area (Å²) in [4.78, 5) is 38.5. The van der Waals surface area contributed by atoms with E-state index in [1.165, 1.54) is 7.11 Å². The molecule has 5 rings (SSSR count). The number of ether oxygens (including phenoxy) is 4. The summed E-state index contributed by atoms with van der Waals surface area (Å²) in [5.74, 6) is -1.95.